The molecule has 2 nitrogen and oxygen atoms in total. The lowest BCUT2D eigenvalue weighted by molar-refractivity contribution is 0.513. The third-order valence-corrected chi connectivity index (χ3v) is 3.10. The van der Waals surface area contributed by atoms with Gasteiger partial charge in [-0.2, -0.15) is 9.49 Å². The van der Waals surface area contributed by atoms with E-state index in [0.717, 1.165) is 15.0 Å². The zero-order valence-electron chi connectivity index (χ0n) is 8.05. The summed E-state index contributed by atoms with van der Waals surface area (Å²) in [4.78, 5) is 0. The lowest BCUT2D eigenvalue weighted by Gasteiger charge is -2.08. The summed E-state index contributed by atoms with van der Waals surface area (Å²) in [5, 5.41) is 4.61. The van der Waals surface area contributed by atoms with Crippen LogP contribution in [0, 0.1) is 12.7 Å². The number of aromatic nitrogens is 2. The van der Waals surface area contributed by atoms with E-state index in [1.54, 1.807) is 6.92 Å². The summed E-state index contributed by atoms with van der Waals surface area (Å²) in [6, 6.07) is 2.63. The van der Waals surface area contributed by atoms with Crippen LogP contribution in [0.2, 0.25) is 0 Å². The number of rotatable bonds is 2. The molecular weight excluding hydrogens is 277 g/mol. The van der Waals surface area contributed by atoms with E-state index < -0.39 is 9.74 Å². The lowest BCUT2D eigenvalue weighted by atomic mass is 10.1. The molecule has 0 saturated carbocycles. The number of fused-ring (bicyclic) bond motifs is 1. The molecule has 1 heterocycles. The summed E-state index contributed by atoms with van der Waals surface area (Å²) in [6.07, 6.45) is 1.51. The molecule has 0 spiro atoms. The second-order valence-corrected chi connectivity index (χ2v) is 5.98. The maximum absolute atomic E-state index is 13.2. The van der Waals surface area contributed by atoms with Gasteiger partial charge in [-0.3, -0.25) is 0 Å². The van der Waals surface area contributed by atoms with Crippen LogP contribution in [0.5, 0.6) is 0 Å². The van der Waals surface area contributed by atoms with Crippen LogP contribution >= 0.6 is 35.1 Å². The van der Waals surface area contributed by atoms with Gasteiger partial charge in [0, 0.05) is 11.5 Å². The average Bonchev–Trinajstić information content (AvgIpc) is 2.46. The third-order valence-electron chi connectivity index (χ3n) is 2.02. The fourth-order valence-corrected chi connectivity index (χ4v) is 2.34. The van der Waals surface area contributed by atoms with Gasteiger partial charge in [0.2, 0.25) is 0 Å². The van der Waals surface area contributed by atoms with Crippen molar-refractivity contribution in [3.8, 4) is 0 Å². The molecule has 86 valence electrons. The minimum absolute atomic E-state index is 0.416. The molecule has 2 rings (SSSR count). The Morgan fingerprint density at radius 3 is 2.75 bits per heavy atom. The SMILES string of the molecule is Cc1cc(F)cc2c1cnn2SC(F)(Cl)Cl. The Labute approximate surface area is 105 Å². The minimum atomic E-state index is -2.50. The van der Waals surface area contributed by atoms with Crippen molar-refractivity contribution < 1.29 is 8.78 Å². The van der Waals surface area contributed by atoms with Gasteiger partial charge in [-0.25, -0.2) is 8.48 Å². The van der Waals surface area contributed by atoms with Crippen LogP contribution in [0.4, 0.5) is 8.78 Å². The zero-order chi connectivity index (χ0) is 11.9. The first-order valence-electron chi connectivity index (χ1n) is 4.27. The number of hydrogen-bond acceptors (Lipinski definition) is 2. The van der Waals surface area contributed by atoms with Crippen molar-refractivity contribution in [1.29, 1.82) is 0 Å². The first-order valence-corrected chi connectivity index (χ1v) is 5.80. The molecule has 0 atom stereocenters. The van der Waals surface area contributed by atoms with Gasteiger partial charge in [0.05, 0.1) is 23.7 Å². The molecule has 7 heteroatoms. The lowest BCUT2D eigenvalue weighted by Crippen LogP contribution is -2.02. The van der Waals surface area contributed by atoms with Crippen molar-refractivity contribution in [2.75, 3.05) is 0 Å². The number of alkyl halides is 3. The van der Waals surface area contributed by atoms with Gasteiger partial charge in [-0.1, -0.05) is 23.2 Å². The van der Waals surface area contributed by atoms with Crippen molar-refractivity contribution in [3.63, 3.8) is 0 Å². The summed E-state index contributed by atoms with van der Waals surface area (Å²) in [7, 11) is 0. The molecule has 0 amide bonds. The summed E-state index contributed by atoms with van der Waals surface area (Å²) in [6.45, 7) is 1.74. The minimum Gasteiger partial charge on any atom is -0.207 e. The van der Waals surface area contributed by atoms with Crippen LogP contribution in [-0.4, -0.2) is 13.1 Å². The number of benzene rings is 1. The summed E-state index contributed by atoms with van der Waals surface area (Å²) >= 11 is 10.9. The van der Waals surface area contributed by atoms with Gasteiger partial charge in [0.15, 0.2) is 0 Å². The normalized spacial score (nSPS) is 12.3. The van der Waals surface area contributed by atoms with Gasteiger partial charge in [-0.05, 0) is 18.6 Å². The van der Waals surface area contributed by atoms with E-state index in [2.05, 4.69) is 5.10 Å². The molecule has 0 aliphatic rings. The van der Waals surface area contributed by atoms with E-state index in [1.807, 2.05) is 0 Å². The maximum atomic E-state index is 13.2. The second-order valence-electron chi connectivity index (χ2n) is 3.21. The van der Waals surface area contributed by atoms with Crippen LogP contribution in [-0.2, 0) is 0 Å². The van der Waals surface area contributed by atoms with Gasteiger partial charge < -0.3 is 0 Å². The smallest absolute Gasteiger partial charge is 0.207 e. The topological polar surface area (TPSA) is 17.8 Å². The largest absolute Gasteiger partial charge is 0.325 e. The Morgan fingerprint density at radius 2 is 2.12 bits per heavy atom. The summed E-state index contributed by atoms with van der Waals surface area (Å²) in [5.74, 6) is -0.416. The molecule has 1 aromatic heterocycles. The Morgan fingerprint density at radius 1 is 1.44 bits per heavy atom. The van der Waals surface area contributed by atoms with Crippen molar-refractivity contribution >= 4 is 46.1 Å². The first kappa shape index (κ1) is 12.0. The summed E-state index contributed by atoms with van der Waals surface area (Å²) < 4.78 is 24.9. The van der Waals surface area contributed by atoms with Gasteiger partial charge >= 0.3 is 3.92 Å². The van der Waals surface area contributed by atoms with E-state index in [-0.39, 0.29) is 0 Å². The first-order chi connectivity index (χ1) is 7.37. The molecule has 2 aromatic rings. The van der Waals surface area contributed by atoms with Crippen LogP contribution < -0.4 is 0 Å². The van der Waals surface area contributed by atoms with Crippen LogP contribution in [0.15, 0.2) is 18.3 Å². The van der Waals surface area contributed by atoms with Crippen LogP contribution in [0.25, 0.3) is 10.9 Å². The molecule has 0 unspecified atom stereocenters. The molecule has 0 bridgehead atoms. The van der Waals surface area contributed by atoms with Gasteiger partial charge in [0.1, 0.15) is 5.82 Å². The van der Waals surface area contributed by atoms with Crippen molar-refractivity contribution in [2.45, 2.75) is 10.8 Å². The van der Waals surface area contributed by atoms with Gasteiger partial charge in [-0.15, -0.1) is 0 Å². The number of nitrogens with zero attached hydrogens (tertiary/aromatic N) is 2. The highest BCUT2D eigenvalue weighted by Crippen LogP contribution is 2.38. The quantitative estimate of drug-likeness (QED) is 0.774. The zero-order valence-corrected chi connectivity index (χ0v) is 10.4. The predicted molar refractivity (Wildman–Crippen MR) is 63.0 cm³/mol. The van der Waals surface area contributed by atoms with Crippen LogP contribution in [0.3, 0.4) is 0 Å². The highest BCUT2D eigenvalue weighted by molar-refractivity contribution is 8.01. The second kappa shape index (κ2) is 4.05. The Kier molecular flexibility index (Phi) is 3.03. The number of halogens is 4. The molecule has 1 aromatic carbocycles. The number of aryl methyl sites for hydroxylation is 1. The standard InChI is InChI=1S/C9H6Cl2F2N2S/c1-5-2-6(12)3-8-7(5)4-14-15(8)16-9(10,11)13/h2-4H,1H3. The maximum Gasteiger partial charge on any atom is 0.325 e. The predicted octanol–water partition coefficient (Wildman–Crippen LogP) is 4.04. The number of hydrogen-bond donors (Lipinski definition) is 0. The molecule has 0 aliphatic heterocycles. The molecule has 0 aliphatic carbocycles. The highest BCUT2D eigenvalue weighted by Gasteiger charge is 2.26. The van der Waals surface area contributed by atoms with E-state index in [4.69, 9.17) is 23.2 Å². The third kappa shape index (κ3) is 2.42. The fourth-order valence-electron chi connectivity index (χ4n) is 1.41. The van der Waals surface area contributed by atoms with E-state index in [9.17, 15) is 8.78 Å². The van der Waals surface area contributed by atoms with Crippen molar-refractivity contribution in [2.24, 2.45) is 0 Å². The monoisotopic (exact) mass is 282 g/mol. The van der Waals surface area contributed by atoms with Gasteiger partial charge in [0.25, 0.3) is 0 Å². The van der Waals surface area contributed by atoms with E-state index in [0.29, 0.717) is 17.5 Å². The van der Waals surface area contributed by atoms with Crippen molar-refractivity contribution in [3.05, 3.63) is 29.7 Å². The van der Waals surface area contributed by atoms with Crippen molar-refractivity contribution in [1.82, 2.24) is 9.19 Å². The molecule has 0 saturated heterocycles. The fraction of sp³-hybridized carbons (Fsp3) is 0.222. The Balaban J connectivity index is 2.56. The highest BCUT2D eigenvalue weighted by atomic mass is 35.5. The Bertz CT molecular complexity index is 536. The molecular formula is C9H6Cl2F2N2S. The average molecular weight is 283 g/mol. The van der Waals surface area contributed by atoms with Crippen LogP contribution in [0.1, 0.15) is 5.56 Å². The molecule has 0 N–H and O–H groups in total. The molecule has 0 fully saturated rings. The Hall–Kier alpha value is -0.520. The molecule has 16 heavy (non-hydrogen) atoms. The summed E-state index contributed by atoms with van der Waals surface area (Å²) in [5.41, 5.74) is 1.15. The van der Waals surface area contributed by atoms with E-state index in [1.165, 1.54) is 18.3 Å². The molecule has 0 radical (unpaired) electrons. The van der Waals surface area contributed by atoms with E-state index >= 15 is 0 Å².